The van der Waals surface area contributed by atoms with Crippen molar-refractivity contribution in [2.24, 2.45) is 0 Å². The smallest absolute Gasteiger partial charge is 0.290 e. The molecule has 2 aromatic rings. The third kappa shape index (κ3) is 4.32. The van der Waals surface area contributed by atoms with Gasteiger partial charge in [-0.05, 0) is 26.3 Å². The molecule has 0 bridgehead atoms. The lowest BCUT2D eigenvalue weighted by Gasteiger charge is -2.30. The first-order chi connectivity index (χ1) is 15.4. The Labute approximate surface area is 190 Å². The second-order valence-corrected chi connectivity index (χ2v) is 9.17. The van der Waals surface area contributed by atoms with Gasteiger partial charge in [-0.3, -0.25) is 14.5 Å². The Morgan fingerprint density at radius 2 is 1.97 bits per heavy atom. The molecule has 1 aromatic carbocycles. The molecule has 1 saturated heterocycles. The molecule has 1 aromatic heterocycles. The highest BCUT2D eigenvalue weighted by Crippen LogP contribution is 2.41. The molecule has 0 saturated carbocycles. The number of rotatable bonds is 7. The lowest BCUT2D eigenvalue weighted by Crippen LogP contribution is -2.39. The zero-order chi connectivity index (χ0) is 22.8. The van der Waals surface area contributed by atoms with Gasteiger partial charge < -0.3 is 14.7 Å². The van der Waals surface area contributed by atoms with Crippen LogP contribution in [0.15, 0.2) is 35.6 Å². The first kappa shape index (κ1) is 22.6. The summed E-state index contributed by atoms with van der Waals surface area (Å²) in [5, 5.41) is 11.4. The lowest BCUT2D eigenvalue weighted by atomic mass is 9.94. The second kappa shape index (κ2) is 9.48. The average molecular weight is 460 g/mol. The largest absolute Gasteiger partial charge is 0.503 e. The van der Waals surface area contributed by atoms with Crippen molar-refractivity contribution in [2.75, 3.05) is 39.4 Å². The molecule has 0 spiro atoms. The number of carbonyl (C=O) groups is 2. The zero-order valence-electron chi connectivity index (χ0n) is 18.1. The topological polar surface area (TPSA) is 83.0 Å². The lowest BCUT2D eigenvalue weighted by molar-refractivity contribution is -0.129. The van der Waals surface area contributed by atoms with Gasteiger partial charge >= 0.3 is 0 Å². The summed E-state index contributed by atoms with van der Waals surface area (Å²) >= 11 is 1.20. The molecule has 9 heteroatoms. The molecule has 2 aliphatic rings. The molecule has 1 fully saturated rings. The van der Waals surface area contributed by atoms with Gasteiger partial charge in [-0.25, -0.2) is 9.37 Å². The van der Waals surface area contributed by atoms with Gasteiger partial charge in [0, 0.05) is 31.7 Å². The van der Waals surface area contributed by atoms with E-state index in [1.54, 1.807) is 32.0 Å². The van der Waals surface area contributed by atoms with Crippen LogP contribution in [0.5, 0.6) is 0 Å². The average Bonchev–Trinajstić information content (AvgIpc) is 3.25. The number of ether oxygens (including phenoxy) is 1. The Bertz CT molecular complexity index is 1060. The monoisotopic (exact) mass is 459 g/mol. The van der Waals surface area contributed by atoms with Crippen LogP contribution in [0.2, 0.25) is 0 Å². The van der Waals surface area contributed by atoms with Crippen LogP contribution in [-0.2, 0) is 9.53 Å². The molecule has 0 radical (unpaired) electrons. The molecular formula is C23H26FN3O4S. The molecule has 0 aliphatic carbocycles. The number of ketones is 1. The SMILES string of the molecule is Cc1nc(C)c(C(=O)C2=C(O)C(=O)N(CCCN3CCOCC3)[C@H]2c2ccccc2F)s1. The fourth-order valence-electron chi connectivity index (χ4n) is 4.29. The minimum Gasteiger partial charge on any atom is -0.503 e. The number of nitrogens with zero attached hydrogens (tertiary/aromatic N) is 3. The predicted octanol–water partition coefficient (Wildman–Crippen LogP) is 3.20. The van der Waals surface area contributed by atoms with E-state index in [9.17, 15) is 19.1 Å². The van der Waals surface area contributed by atoms with Gasteiger partial charge in [0.2, 0.25) is 5.78 Å². The number of aryl methyl sites for hydroxylation is 2. The third-order valence-corrected chi connectivity index (χ3v) is 6.91. The van der Waals surface area contributed by atoms with Crippen molar-refractivity contribution in [1.29, 1.82) is 0 Å². The molecule has 4 rings (SSSR count). The van der Waals surface area contributed by atoms with Crippen LogP contribution in [0.3, 0.4) is 0 Å². The summed E-state index contributed by atoms with van der Waals surface area (Å²) in [7, 11) is 0. The fourth-order valence-corrected chi connectivity index (χ4v) is 5.16. The van der Waals surface area contributed by atoms with Crippen molar-refractivity contribution in [3.05, 3.63) is 62.6 Å². The van der Waals surface area contributed by atoms with Crippen molar-refractivity contribution in [3.8, 4) is 0 Å². The van der Waals surface area contributed by atoms with Crippen LogP contribution < -0.4 is 0 Å². The molecule has 1 atom stereocenters. The van der Waals surface area contributed by atoms with E-state index in [1.807, 2.05) is 0 Å². The van der Waals surface area contributed by atoms with Crippen LogP contribution in [0.1, 0.15) is 38.4 Å². The Balaban J connectivity index is 1.65. The normalized spacial score (nSPS) is 19.8. The number of aromatic nitrogens is 1. The van der Waals surface area contributed by atoms with Crippen LogP contribution >= 0.6 is 11.3 Å². The van der Waals surface area contributed by atoms with Gasteiger partial charge in [0.05, 0.1) is 40.4 Å². The summed E-state index contributed by atoms with van der Waals surface area (Å²) in [6, 6.07) is 5.08. The van der Waals surface area contributed by atoms with Crippen molar-refractivity contribution in [2.45, 2.75) is 26.3 Å². The van der Waals surface area contributed by atoms with E-state index in [-0.39, 0.29) is 17.7 Å². The van der Waals surface area contributed by atoms with Crippen molar-refractivity contribution in [1.82, 2.24) is 14.8 Å². The fraction of sp³-hybridized carbons (Fsp3) is 0.435. The second-order valence-electron chi connectivity index (χ2n) is 7.97. The quantitative estimate of drug-likeness (QED) is 0.641. The minimum atomic E-state index is -0.984. The Hall–Kier alpha value is -2.62. The summed E-state index contributed by atoms with van der Waals surface area (Å²) in [6.07, 6.45) is 0.629. The van der Waals surface area contributed by atoms with Crippen LogP contribution in [0.25, 0.3) is 0 Å². The zero-order valence-corrected chi connectivity index (χ0v) is 19.0. The van der Waals surface area contributed by atoms with Gasteiger partial charge in [-0.2, -0.15) is 0 Å². The highest BCUT2D eigenvalue weighted by molar-refractivity contribution is 7.14. The van der Waals surface area contributed by atoms with Gasteiger partial charge in [0.25, 0.3) is 5.91 Å². The number of Topliss-reactive ketones (excluding diaryl/α,β-unsaturated/α-hetero) is 1. The van der Waals surface area contributed by atoms with Gasteiger partial charge in [-0.15, -0.1) is 11.3 Å². The van der Waals surface area contributed by atoms with E-state index in [0.29, 0.717) is 35.2 Å². The van der Waals surface area contributed by atoms with Crippen molar-refractivity contribution >= 4 is 23.0 Å². The van der Waals surface area contributed by atoms with E-state index in [1.165, 1.54) is 22.3 Å². The molecule has 3 heterocycles. The maximum absolute atomic E-state index is 14.8. The molecule has 170 valence electrons. The molecular weight excluding hydrogens is 433 g/mol. The molecule has 7 nitrogen and oxygen atoms in total. The maximum atomic E-state index is 14.8. The standard InChI is InChI=1S/C23H26FN3O4S/c1-14-22(32-15(2)25-14)20(28)18-19(16-6-3-4-7-17(16)24)27(23(30)21(18)29)9-5-8-26-10-12-31-13-11-26/h3-4,6-7,19,29H,5,8-13H2,1-2H3/t19-/m0/s1. The number of halogens is 1. The number of hydrogen-bond acceptors (Lipinski definition) is 7. The van der Waals surface area contributed by atoms with Crippen molar-refractivity contribution < 1.29 is 23.8 Å². The van der Waals surface area contributed by atoms with E-state index >= 15 is 0 Å². The molecule has 1 N–H and O–H groups in total. The summed E-state index contributed by atoms with van der Waals surface area (Å²) < 4.78 is 20.2. The maximum Gasteiger partial charge on any atom is 0.290 e. The number of aliphatic hydroxyl groups excluding tert-OH is 1. The van der Waals surface area contributed by atoms with E-state index in [2.05, 4.69) is 9.88 Å². The summed E-state index contributed by atoms with van der Waals surface area (Å²) in [4.78, 5) is 34.7. The number of morpholine rings is 1. The summed E-state index contributed by atoms with van der Waals surface area (Å²) in [6.45, 7) is 7.53. The Kier molecular flexibility index (Phi) is 6.68. The Morgan fingerprint density at radius 1 is 1.25 bits per heavy atom. The van der Waals surface area contributed by atoms with E-state index in [0.717, 1.165) is 19.6 Å². The number of amides is 1. The number of thiazole rings is 1. The first-order valence-corrected chi connectivity index (χ1v) is 11.5. The van der Waals surface area contributed by atoms with E-state index < -0.39 is 29.3 Å². The molecule has 2 aliphatic heterocycles. The number of carbonyl (C=O) groups excluding carboxylic acids is 2. The van der Waals surface area contributed by atoms with Gasteiger partial charge in [0.1, 0.15) is 5.82 Å². The van der Waals surface area contributed by atoms with Gasteiger partial charge in [0.15, 0.2) is 5.76 Å². The molecule has 32 heavy (non-hydrogen) atoms. The highest BCUT2D eigenvalue weighted by Gasteiger charge is 2.45. The van der Waals surface area contributed by atoms with Crippen molar-refractivity contribution in [3.63, 3.8) is 0 Å². The van der Waals surface area contributed by atoms with Gasteiger partial charge in [-0.1, -0.05) is 18.2 Å². The molecule has 1 amide bonds. The third-order valence-electron chi connectivity index (χ3n) is 5.83. The minimum absolute atomic E-state index is 0.0850. The summed E-state index contributed by atoms with van der Waals surface area (Å²) in [5.41, 5.74) is 0.639. The van der Waals surface area contributed by atoms with Crippen LogP contribution in [-0.4, -0.2) is 71.0 Å². The highest BCUT2D eigenvalue weighted by atomic mass is 32.1. The Morgan fingerprint density at radius 3 is 2.62 bits per heavy atom. The summed E-state index contributed by atoms with van der Waals surface area (Å²) in [5.74, 6) is -2.27. The number of benzene rings is 1. The van der Waals surface area contributed by atoms with Crippen LogP contribution in [0.4, 0.5) is 4.39 Å². The number of hydrogen-bond donors (Lipinski definition) is 1. The molecule has 0 unspecified atom stereocenters. The first-order valence-electron chi connectivity index (χ1n) is 10.7. The number of aliphatic hydroxyl groups is 1. The van der Waals surface area contributed by atoms with E-state index in [4.69, 9.17) is 4.74 Å². The predicted molar refractivity (Wildman–Crippen MR) is 118 cm³/mol. The van der Waals surface area contributed by atoms with Crippen LogP contribution in [0, 0.1) is 19.7 Å².